The molecule has 1 aliphatic carbocycles. The Morgan fingerprint density at radius 1 is 1.28 bits per heavy atom. The Morgan fingerprint density at radius 3 is 2.52 bits per heavy atom. The van der Waals surface area contributed by atoms with Gasteiger partial charge >= 0.3 is 0 Å². The molecule has 3 atom stereocenters. The lowest BCUT2D eigenvalue weighted by molar-refractivity contribution is -0.110. The van der Waals surface area contributed by atoms with E-state index in [-0.39, 0.29) is 5.92 Å². The van der Waals surface area contributed by atoms with Crippen molar-refractivity contribution in [2.75, 3.05) is 0 Å². The fourth-order valence-corrected chi connectivity index (χ4v) is 5.97. The standard InChI is InChI=1S/C18H26F2NO3P/c1-2-3-4-5-6-8-14-11-18(14,21-13-22)25(23,24)12-15-16(19)9-7-10-17(15)20/h7,9-10,13-14H,2-6,8,11-12H2,1H3,(H,21,22)(H,23,24)/t14-,18+/m1/s1. The fraction of sp³-hybridized carbons (Fsp3) is 0.611. The van der Waals surface area contributed by atoms with Crippen molar-refractivity contribution in [2.45, 2.75) is 63.3 Å². The van der Waals surface area contributed by atoms with Gasteiger partial charge in [0.05, 0.1) is 6.16 Å². The molecule has 1 aromatic carbocycles. The number of carbonyl (C=O) groups is 1. The SMILES string of the molecule is CCCCCCC[C@@H]1C[C@]1(NC=O)P(=O)(O)Cc1c(F)cccc1F. The molecule has 0 heterocycles. The van der Waals surface area contributed by atoms with Gasteiger partial charge in [-0.2, -0.15) is 0 Å². The van der Waals surface area contributed by atoms with Gasteiger partial charge in [-0.3, -0.25) is 9.36 Å². The Morgan fingerprint density at radius 2 is 1.92 bits per heavy atom. The Labute approximate surface area is 147 Å². The van der Waals surface area contributed by atoms with E-state index in [1.54, 1.807) is 0 Å². The lowest BCUT2D eigenvalue weighted by atomic mass is 10.1. The van der Waals surface area contributed by atoms with Gasteiger partial charge in [0.1, 0.15) is 16.9 Å². The zero-order valence-corrected chi connectivity index (χ0v) is 15.4. The molecule has 1 amide bonds. The first-order valence-electron chi connectivity index (χ1n) is 8.84. The number of nitrogens with one attached hydrogen (secondary N) is 1. The van der Waals surface area contributed by atoms with Crippen molar-refractivity contribution >= 4 is 13.8 Å². The van der Waals surface area contributed by atoms with Crippen LogP contribution in [0.15, 0.2) is 18.2 Å². The van der Waals surface area contributed by atoms with Crippen LogP contribution < -0.4 is 5.32 Å². The van der Waals surface area contributed by atoms with Crippen LogP contribution in [0.2, 0.25) is 0 Å². The molecular weight excluding hydrogens is 347 g/mol. The quantitative estimate of drug-likeness (QED) is 0.340. The first kappa shape index (κ1) is 20.1. The van der Waals surface area contributed by atoms with E-state index in [9.17, 15) is 23.0 Å². The molecule has 1 saturated carbocycles. The number of halogens is 2. The van der Waals surface area contributed by atoms with Gasteiger partial charge in [0.2, 0.25) is 13.8 Å². The van der Waals surface area contributed by atoms with Gasteiger partial charge in [-0.25, -0.2) is 8.78 Å². The highest BCUT2D eigenvalue weighted by Gasteiger charge is 2.64. The molecule has 2 rings (SSSR count). The molecule has 2 N–H and O–H groups in total. The second-order valence-corrected chi connectivity index (χ2v) is 9.37. The first-order chi connectivity index (χ1) is 11.9. The van der Waals surface area contributed by atoms with Gasteiger partial charge in [-0.05, 0) is 30.9 Å². The maximum absolute atomic E-state index is 13.8. The molecule has 4 nitrogen and oxygen atoms in total. The van der Waals surface area contributed by atoms with E-state index >= 15 is 0 Å². The van der Waals surface area contributed by atoms with Crippen molar-refractivity contribution in [3.63, 3.8) is 0 Å². The molecule has 7 heteroatoms. The highest BCUT2D eigenvalue weighted by Crippen LogP contribution is 2.71. The number of amides is 1. The second kappa shape index (κ2) is 8.41. The highest BCUT2D eigenvalue weighted by atomic mass is 31.2. The fourth-order valence-electron chi connectivity index (χ4n) is 3.50. The van der Waals surface area contributed by atoms with Gasteiger partial charge in [-0.1, -0.05) is 45.1 Å². The lowest BCUT2D eigenvalue weighted by Crippen LogP contribution is -2.33. The summed E-state index contributed by atoms with van der Waals surface area (Å²) in [4.78, 5) is 21.5. The monoisotopic (exact) mass is 373 g/mol. The third-order valence-corrected chi connectivity index (χ3v) is 7.76. The van der Waals surface area contributed by atoms with Gasteiger partial charge in [-0.15, -0.1) is 0 Å². The predicted octanol–water partition coefficient (Wildman–Crippen LogP) is 4.56. The number of hydrogen-bond acceptors (Lipinski definition) is 2. The van der Waals surface area contributed by atoms with Crippen molar-refractivity contribution < 1.29 is 23.0 Å². The number of hydrogen-bond donors (Lipinski definition) is 2. The number of carbonyl (C=O) groups excluding carboxylic acids is 1. The topological polar surface area (TPSA) is 66.4 Å². The van der Waals surface area contributed by atoms with E-state index in [2.05, 4.69) is 12.2 Å². The number of benzene rings is 1. The minimum Gasteiger partial charge on any atom is -0.344 e. The van der Waals surface area contributed by atoms with Crippen LogP contribution in [-0.4, -0.2) is 16.6 Å². The summed E-state index contributed by atoms with van der Waals surface area (Å²) in [5.41, 5.74) is -0.394. The van der Waals surface area contributed by atoms with Crippen LogP contribution in [0, 0.1) is 17.6 Å². The van der Waals surface area contributed by atoms with Crippen LogP contribution >= 0.6 is 7.37 Å². The summed E-state index contributed by atoms with van der Waals surface area (Å²) >= 11 is 0. The molecule has 1 aliphatic rings. The summed E-state index contributed by atoms with van der Waals surface area (Å²) in [7, 11) is -4.02. The minimum absolute atomic E-state index is 0.120. The minimum atomic E-state index is -4.02. The van der Waals surface area contributed by atoms with Crippen LogP contribution in [0.25, 0.3) is 0 Å². The summed E-state index contributed by atoms with van der Waals surface area (Å²) in [6.07, 6.45) is 6.29. The van der Waals surface area contributed by atoms with Crippen LogP contribution in [0.1, 0.15) is 57.4 Å². The lowest BCUT2D eigenvalue weighted by Gasteiger charge is -2.24. The highest BCUT2D eigenvalue weighted by molar-refractivity contribution is 7.59. The van der Waals surface area contributed by atoms with E-state index in [0.29, 0.717) is 12.8 Å². The molecule has 140 valence electrons. The van der Waals surface area contributed by atoms with Gasteiger partial charge < -0.3 is 10.2 Å². The summed E-state index contributed by atoms with van der Waals surface area (Å²) in [6.45, 7) is 2.13. The zero-order valence-electron chi connectivity index (χ0n) is 14.5. The van der Waals surface area contributed by atoms with Crippen molar-refractivity contribution in [3.8, 4) is 0 Å². The van der Waals surface area contributed by atoms with Crippen molar-refractivity contribution in [2.24, 2.45) is 5.92 Å². The normalized spacial score (nSPS) is 24.6. The summed E-state index contributed by atoms with van der Waals surface area (Å²) in [5.74, 6) is -1.80. The maximum atomic E-state index is 13.8. The number of unbranched alkanes of at least 4 members (excludes halogenated alkanes) is 4. The molecule has 1 aromatic rings. The molecule has 0 radical (unpaired) electrons. The predicted molar refractivity (Wildman–Crippen MR) is 93.3 cm³/mol. The van der Waals surface area contributed by atoms with E-state index in [1.165, 1.54) is 6.07 Å². The molecular formula is C18H26F2NO3P. The van der Waals surface area contributed by atoms with Crippen LogP contribution in [0.5, 0.6) is 0 Å². The van der Waals surface area contributed by atoms with Crippen molar-refractivity contribution in [3.05, 3.63) is 35.4 Å². The smallest absolute Gasteiger partial charge is 0.229 e. The molecule has 0 aromatic heterocycles. The summed E-state index contributed by atoms with van der Waals surface area (Å²) < 4.78 is 40.6. The first-order valence-corrected chi connectivity index (χ1v) is 10.7. The van der Waals surface area contributed by atoms with Crippen LogP contribution in [-0.2, 0) is 15.5 Å². The molecule has 0 saturated heterocycles. The average molecular weight is 373 g/mol. The summed E-state index contributed by atoms with van der Waals surface area (Å²) in [5, 5.41) is 1.25. The molecule has 0 bridgehead atoms. The third kappa shape index (κ3) is 4.48. The van der Waals surface area contributed by atoms with Crippen LogP contribution in [0.3, 0.4) is 0 Å². The average Bonchev–Trinajstić information content (AvgIpc) is 3.26. The zero-order chi connectivity index (χ0) is 18.5. The Bertz CT molecular complexity index is 635. The van der Waals surface area contributed by atoms with E-state index in [0.717, 1.165) is 50.7 Å². The van der Waals surface area contributed by atoms with E-state index < -0.39 is 36.0 Å². The third-order valence-electron chi connectivity index (χ3n) is 5.10. The van der Waals surface area contributed by atoms with Gasteiger partial charge in [0, 0.05) is 5.56 Å². The number of rotatable bonds is 11. The Kier molecular flexibility index (Phi) is 6.75. The second-order valence-electron chi connectivity index (χ2n) is 6.85. The van der Waals surface area contributed by atoms with Crippen molar-refractivity contribution in [1.82, 2.24) is 5.32 Å². The van der Waals surface area contributed by atoms with Crippen LogP contribution in [0.4, 0.5) is 8.78 Å². The summed E-state index contributed by atoms with van der Waals surface area (Å²) in [6, 6.07) is 3.35. The maximum Gasteiger partial charge on any atom is 0.229 e. The molecule has 25 heavy (non-hydrogen) atoms. The Hall–Kier alpha value is -1.26. The van der Waals surface area contributed by atoms with E-state index in [4.69, 9.17) is 0 Å². The van der Waals surface area contributed by atoms with Crippen molar-refractivity contribution in [1.29, 1.82) is 0 Å². The molecule has 0 spiro atoms. The van der Waals surface area contributed by atoms with Gasteiger partial charge in [0.25, 0.3) is 0 Å². The Balaban J connectivity index is 2.06. The molecule has 1 fully saturated rings. The molecule has 0 aliphatic heterocycles. The molecule has 1 unspecified atom stereocenters. The van der Waals surface area contributed by atoms with Gasteiger partial charge in [0.15, 0.2) is 0 Å². The van der Waals surface area contributed by atoms with E-state index in [1.807, 2.05) is 0 Å². The largest absolute Gasteiger partial charge is 0.344 e.